The average molecular weight is 199 g/mol. The molecule has 1 N–H and O–H groups in total. The van der Waals surface area contributed by atoms with Crippen molar-refractivity contribution in [3.05, 3.63) is 0 Å². The molecule has 1 saturated carbocycles. The molecule has 1 aliphatic rings. The van der Waals surface area contributed by atoms with E-state index in [1.165, 1.54) is 25.7 Å². The second-order valence-corrected chi connectivity index (χ2v) is 4.23. The smallest absolute Gasteiger partial charge is 0.224 e. The monoisotopic (exact) mass is 199 g/mol. The zero-order valence-corrected chi connectivity index (χ0v) is 9.04. The molecular formula is C11H21NO2. The second kappa shape index (κ2) is 6.02. The lowest BCUT2D eigenvalue weighted by Gasteiger charge is -2.18. The summed E-state index contributed by atoms with van der Waals surface area (Å²) in [5, 5.41) is 8.62. The van der Waals surface area contributed by atoms with E-state index in [1.54, 1.807) is 4.90 Å². The lowest BCUT2D eigenvalue weighted by atomic mass is 10.0. The van der Waals surface area contributed by atoms with Gasteiger partial charge in [0, 0.05) is 20.0 Å². The Morgan fingerprint density at radius 3 is 2.64 bits per heavy atom. The van der Waals surface area contributed by atoms with Gasteiger partial charge in [0.2, 0.25) is 5.91 Å². The van der Waals surface area contributed by atoms with Gasteiger partial charge in [-0.3, -0.25) is 4.79 Å². The molecule has 0 aromatic heterocycles. The van der Waals surface area contributed by atoms with Crippen LogP contribution < -0.4 is 0 Å². The minimum absolute atomic E-state index is 0.0351. The van der Waals surface area contributed by atoms with Gasteiger partial charge in [-0.25, -0.2) is 0 Å². The molecule has 0 aliphatic heterocycles. The highest BCUT2D eigenvalue weighted by molar-refractivity contribution is 5.75. The summed E-state index contributed by atoms with van der Waals surface area (Å²) in [7, 11) is 1.83. The first kappa shape index (κ1) is 11.5. The first-order chi connectivity index (χ1) is 6.74. The van der Waals surface area contributed by atoms with Crippen LogP contribution in [-0.4, -0.2) is 36.1 Å². The summed E-state index contributed by atoms with van der Waals surface area (Å²) in [6.07, 6.45) is 6.79. The van der Waals surface area contributed by atoms with E-state index in [2.05, 4.69) is 0 Å². The molecular weight excluding hydrogens is 178 g/mol. The Kier molecular flexibility index (Phi) is 4.94. The molecule has 0 saturated heterocycles. The van der Waals surface area contributed by atoms with Gasteiger partial charge in [0.15, 0.2) is 0 Å². The van der Waals surface area contributed by atoms with Crippen molar-refractivity contribution in [2.45, 2.75) is 38.5 Å². The first-order valence-corrected chi connectivity index (χ1v) is 5.59. The molecule has 1 amide bonds. The summed E-state index contributed by atoms with van der Waals surface area (Å²) in [4.78, 5) is 13.1. The molecule has 0 heterocycles. The Hall–Kier alpha value is -0.570. The lowest BCUT2D eigenvalue weighted by molar-refractivity contribution is -0.130. The number of amides is 1. The van der Waals surface area contributed by atoms with Crippen LogP contribution in [0.4, 0.5) is 0 Å². The minimum atomic E-state index is -0.0351. The second-order valence-electron chi connectivity index (χ2n) is 4.23. The maximum absolute atomic E-state index is 11.3. The van der Waals surface area contributed by atoms with Crippen molar-refractivity contribution in [2.75, 3.05) is 20.2 Å². The van der Waals surface area contributed by atoms with Crippen molar-refractivity contribution in [3.63, 3.8) is 0 Å². The molecule has 14 heavy (non-hydrogen) atoms. The Morgan fingerprint density at radius 1 is 1.43 bits per heavy atom. The number of hydrogen-bond donors (Lipinski definition) is 1. The van der Waals surface area contributed by atoms with Crippen molar-refractivity contribution < 1.29 is 9.90 Å². The molecule has 0 radical (unpaired) electrons. The van der Waals surface area contributed by atoms with E-state index in [9.17, 15) is 4.79 Å². The van der Waals surface area contributed by atoms with Crippen LogP contribution in [0.25, 0.3) is 0 Å². The number of carbonyl (C=O) groups is 1. The molecule has 0 bridgehead atoms. The third-order valence-corrected chi connectivity index (χ3v) is 3.10. The van der Waals surface area contributed by atoms with Gasteiger partial charge < -0.3 is 10.0 Å². The number of hydrogen-bond acceptors (Lipinski definition) is 2. The Labute approximate surface area is 86.1 Å². The van der Waals surface area contributed by atoms with Crippen LogP contribution in [0.2, 0.25) is 0 Å². The predicted octanol–water partition coefficient (Wildman–Crippen LogP) is 1.41. The zero-order chi connectivity index (χ0) is 10.4. The molecule has 82 valence electrons. The molecule has 0 unspecified atom stereocenters. The van der Waals surface area contributed by atoms with Gasteiger partial charge in [-0.15, -0.1) is 0 Å². The maximum Gasteiger partial charge on any atom is 0.224 e. The van der Waals surface area contributed by atoms with E-state index in [0.717, 1.165) is 18.9 Å². The Balaban J connectivity index is 2.13. The van der Waals surface area contributed by atoms with Gasteiger partial charge >= 0.3 is 0 Å². The highest BCUT2D eigenvalue weighted by Gasteiger charge is 2.16. The number of carbonyl (C=O) groups excluding carboxylic acids is 1. The molecule has 1 fully saturated rings. The van der Waals surface area contributed by atoms with Crippen LogP contribution in [0.15, 0.2) is 0 Å². The summed E-state index contributed by atoms with van der Waals surface area (Å²) in [6.45, 7) is 0.816. The normalized spacial score (nSPS) is 17.3. The van der Waals surface area contributed by atoms with Crippen molar-refractivity contribution in [2.24, 2.45) is 5.92 Å². The zero-order valence-electron chi connectivity index (χ0n) is 9.04. The Morgan fingerprint density at radius 2 is 2.07 bits per heavy atom. The van der Waals surface area contributed by atoms with E-state index in [1.807, 2.05) is 7.05 Å². The van der Waals surface area contributed by atoms with Crippen molar-refractivity contribution in [3.8, 4) is 0 Å². The fourth-order valence-electron chi connectivity index (χ4n) is 2.09. The summed E-state index contributed by atoms with van der Waals surface area (Å²) < 4.78 is 0. The average Bonchev–Trinajstić information content (AvgIpc) is 2.67. The largest absolute Gasteiger partial charge is 0.396 e. The molecule has 0 atom stereocenters. The van der Waals surface area contributed by atoms with Crippen molar-refractivity contribution >= 4 is 5.91 Å². The van der Waals surface area contributed by atoms with Gasteiger partial charge in [0.05, 0.1) is 6.61 Å². The molecule has 0 aromatic carbocycles. The van der Waals surface area contributed by atoms with Gasteiger partial charge in [-0.05, 0) is 12.3 Å². The first-order valence-electron chi connectivity index (χ1n) is 5.59. The van der Waals surface area contributed by atoms with Gasteiger partial charge in [0.25, 0.3) is 0 Å². The third kappa shape index (κ3) is 3.66. The van der Waals surface area contributed by atoms with Gasteiger partial charge in [-0.2, -0.15) is 0 Å². The van der Waals surface area contributed by atoms with E-state index in [4.69, 9.17) is 5.11 Å². The van der Waals surface area contributed by atoms with Gasteiger partial charge in [0.1, 0.15) is 0 Å². The number of nitrogens with zero attached hydrogens (tertiary/aromatic N) is 1. The number of rotatable bonds is 5. The van der Waals surface area contributed by atoms with E-state index < -0.39 is 0 Å². The van der Waals surface area contributed by atoms with Crippen LogP contribution in [0, 0.1) is 5.92 Å². The van der Waals surface area contributed by atoms with E-state index in [0.29, 0.717) is 0 Å². The molecule has 1 aliphatic carbocycles. The quantitative estimate of drug-likeness (QED) is 0.727. The fraction of sp³-hybridized carbons (Fsp3) is 0.909. The highest BCUT2D eigenvalue weighted by atomic mass is 16.3. The highest BCUT2D eigenvalue weighted by Crippen LogP contribution is 2.27. The summed E-state index contributed by atoms with van der Waals surface area (Å²) in [5.74, 6) is 0.893. The van der Waals surface area contributed by atoms with Crippen LogP contribution in [0.1, 0.15) is 38.5 Å². The molecule has 0 aromatic rings. The number of aliphatic hydroxyl groups is 1. The Bertz CT molecular complexity index is 176. The molecule has 0 spiro atoms. The number of aliphatic hydroxyl groups excluding tert-OH is 1. The summed E-state index contributed by atoms with van der Waals surface area (Å²) >= 11 is 0. The standard InChI is InChI=1S/C11H21NO2/c1-12(11(14)7-9-13)8-6-10-4-2-3-5-10/h10,13H,2-9H2,1H3. The molecule has 3 heteroatoms. The van der Waals surface area contributed by atoms with E-state index >= 15 is 0 Å². The van der Waals surface area contributed by atoms with Crippen molar-refractivity contribution in [1.82, 2.24) is 4.90 Å². The molecule has 3 nitrogen and oxygen atoms in total. The van der Waals surface area contributed by atoms with Gasteiger partial charge in [-0.1, -0.05) is 25.7 Å². The minimum Gasteiger partial charge on any atom is -0.396 e. The lowest BCUT2D eigenvalue weighted by Crippen LogP contribution is -2.29. The summed E-state index contributed by atoms with van der Waals surface area (Å²) in [6, 6.07) is 0. The maximum atomic E-state index is 11.3. The van der Waals surface area contributed by atoms with E-state index in [-0.39, 0.29) is 18.9 Å². The predicted molar refractivity (Wildman–Crippen MR) is 55.9 cm³/mol. The van der Waals surface area contributed by atoms with Crippen LogP contribution in [-0.2, 0) is 4.79 Å². The molecule has 1 rings (SSSR count). The SMILES string of the molecule is CN(CCC1CCCC1)C(=O)CCO. The summed E-state index contributed by atoms with van der Waals surface area (Å²) in [5.41, 5.74) is 0. The van der Waals surface area contributed by atoms with Crippen LogP contribution >= 0.6 is 0 Å². The topological polar surface area (TPSA) is 40.5 Å². The van der Waals surface area contributed by atoms with Crippen molar-refractivity contribution in [1.29, 1.82) is 0 Å². The van der Waals surface area contributed by atoms with Crippen LogP contribution in [0.3, 0.4) is 0 Å². The van der Waals surface area contributed by atoms with Crippen LogP contribution in [0.5, 0.6) is 0 Å². The third-order valence-electron chi connectivity index (χ3n) is 3.10. The fourth-order valence-corrected chi connectivity index (χ4v) is 2.09.